The van der Waals surface area contributed by atoms with Crippen molar-refractivity contribution in [2.75, 3.05) is 43.9 Å². The predicted molar refractivity (Wildman–Crippen MR) is 83.9 cm³/mol. The van der Waals surface area contributed by atoms with Crippen LogP contribution < -0.4 is 20.7 Å². The van der Waals surface area contributed by atoms with Gasteiger partial charge in [-0.3, -0.25) is 0 Å². The van der Waals surface area contributed by atoms with E-state index in [-0.39, 0.29) is 0 Å². The molecule has 6 heteroatoms. The Balaban J connectivity index is 1.97. The van der Waals surface area contributed by atoms with E-state index in [1.54, 1.807) is 7.11 Å². The van der Waals surface area contributed by atoms with Gasteiger partial charge in [-0.2, -0.15) is 4.98 Å². The smallest absolute Gasteiger partial charge is 0.222 e. The summed E-state index contributed by atoms with van der Waals surface area (Å²) in [5.74, 6) is 2.53. The van der Waals surface area contributed by atoms with E-state index < -0.39 is 0 Å². The maximum absolute atomic E-state index is 5.98. The minimum atomic E-state index is 0.366. The Morgan fingerprint density at radius 2 is 1.95 bits per heavy atom. The van der Waals surface area contributed by atoms with Gasteiger partial charge in [-0.05, 0) is 25.8 Å². The zero-order valence-corrected chi connectivity index (χ0v) is 12.8. The third-order valence-corrected chi connectivity index (χ3v) is 4.48. The second-order valence-electron chi connectivity index (χ2n) is 5.90. The zero-order chi connectivity index (χ0) is 14.7. The molecule has 2 fully saturated rings. The van der Waals surface area contributed by atoms with Crippen molar-refractivity contribution in [2.24, 2.45) is 0 Å². The molecule has 0 unspecified atom stereocenters. The van der Waals surface area contributed by atoms with Crippen LogP contribution in [-0.4, -0.2) is 43.3 Å². The number of nitrogens with one attached hydrogen (secondary N) is 1. The first kappa shape index (κ1) is 14.4. The van der Waals surface area contributed by atoms with Crippen LogP contribution in [0, 0.1) is 0 Å². The van der Waals surface area contributed by atoms with Crippen LogP contribution in [-0.2, 0) is 0 Å². The number of methoxy groups -OCH3 is 1. The van der Waals surface area contributed by atoms with Gasteiger partial charge in [-0.1, -0.05) is 12.8 Å². The van der Waals surface area contributed by atoms with Crippen molar-refractivity contribution in [3.63, 3.8) is 0 Å². The van der Waals surface area contributed by atoms with Crippen molar-refractivity contribution >= 4 is 11.8 Å². The van der Waals surface area contributed by atoms with E-state index in [0.29, 0.717) is 11.9 Å². The molecule has 3 rings (SSSR count). The van der Waals surface area contributed by atoms with Gasteiger partial charge in [0.15, 0.2) is 11.6 Å². The summed E-state index contributed by atoms with van der Waals surface area (Å²) in [6, 6.07) is 0. The average Bonchev–Trinajstić information content (AvgIpc) is 2.89. The van der Waals surface area contributed by atoms with Gasteiger partial charge in [-0.25, -0.2) is 4.98 Å². The maximum Gasteiger partial charge on any atom is 0.222 e. The normalized spacial score (nSPS) is 20.5. The number of ether oxygens (including phenoxy) is 1. The van der Waals surface area contributed by atoms with Gasteiger partial charge >= 0.3 is 0 Å². The molecule has 1 saturated heterocycles. The molecule has 1 aromatic heterocycles. The van der Waals surface area contributed by atoms with Crippen LogP contribution >= 0.6 is 0 Å². The lowest BCUT2D eigenvalue weighted by atomic mass is 10.0. The number of aromatic nitrogens is 2. The van der Waals surface area contributed by atoms with Gasteiger partial charge in [0.2, 0.25) is 5.95 Å². The van der Waals surface area contributed by atoms with Crippen LogP contribution in [0.2, 0.25) is 0 Å². The first-order valence-corrected chi connectivity index (χ1v) is 7.96. The standard InChI is InChI=1S/C15H25N5O/c1-21-13-12(11-5-2-3-6-11)18-15(16)19-14(13)20-9-4-7-17-8-10-20/h11,17H,2-10H2,1H3,(H2,16,18,19). The fourth-order valence-electron chi connectivity index (χ4n) is 3.42. The lowest BCUT2D eigenvalue weighted by molar-refractivity contribution is 0.399. The van der Waals surface area contributed by atoms with E-state index in [9.17, 15) is 0 Å². The summed E-state index contributed by atoms with van der Waals surface area (Å²) in [6.07, 6.45) is 5.98. The molecular weight excluding hydrogens is 266 g/mol. The highest BCUT2D eigenvalue weighted by molar-refractivity contribution is 5.58. The van der Waals surface area contributed by atoms with Crippen molar-refractivity contribution in [1.29, 1.82) is 0 Å². The Kier molecular flexibility index (Phi) is 4.43. The average molecular weight is 291 g/mol. The first-order chi connectivity index (χ1) is 10.3. The van der Waals surface area contributed by atoms with Gasteiger partial charge in [0.05, 0.1) is 12.8 Å². The molecule has 21 heavy (non-hydrogen) atoms. The summed E-state index contributed by atoms with van der Waals surface area (Å²) in [7, 11) is 1.72. The summed E-state index contributed by atoms with van der Waals surface area (Å²) in [6.45, 7) is 3.92. The molecule has 1 aliphatic heterocycles. The minimum Gasteiger partial charge on any atom is -0.491 e. The maximum atomic E-state index is 5.98. The second kappa shape index (κ2) is 6.47. The molecule has 0 bridgehead atoms. The molecule has 1 aliphatic carbocycles. The Labute approximate surface area is 126 Å². The Bertz CT molecular complexity index is 479. The van der Waals surface area contributed by atoms with E-state index in [0.717, 1.165) is 49.9 Å². The van der Waals surface area contributed by atoms with Crippen LogP contribution in [0.15, 0.2) is 0 Å². The summed E-state index contributed by atoms with van der Waals surface area (Å²) >= 11 is 0. The summed E-state index contributed by atoms with van der Waals surface area (Å²) in [5, 5.41) is 3.41. The lowest BCUT2D eigenvalue weighted by Crippen LogP contribution is -2.29. The molecule has 0 radical (unpaired) electrons. The molecule has 2 aliphatic rings. The first-order valence-electron chi connectivity index (χ1n) is 7.96. The number of nitrogen functional groups attached to an aromatic ring is 1. The fourth-order valence-corrected chi connectivity index (χ4v) is 3.42. The van der Waals surface area contributed by atoms with Crippen molar-refractivity contribution < 1.29 is 4.74 Å². The Morgan fingerprint density at radius 3 is 2.71 bits per heavy atom. The Hall–Kier alpha value is -1.56. The van der Waals surface area contributed by atoms with Crippen molar-refractivity contribution in [2.45, 2.75) is 38.0 Å². The second-order valence-corrected chi connectivity index (χ2v) is 5.90. The molecule has 0 atom stereocenters. The molecule has 6 nitrogen and oxygen atoms in total. The van der Waals surface area contributed by atoms with Gasteiger partial charge in [0.1, 0.15) is 0 Å². The molecule has 1 saturated carbocycles. The zero-order valence-electron chi connectivity index (χ0n) is 12.8. The van der Waals surface area contributed by atoms with Crippen LogP contribution in [0.1, 0.15) is 43.7 Å². The van der Waals surface area contributed by atoms with E-state index in [1.807, 2.05) is 0 Å². The fraction of sp³-hybridized carbons (Fsp3) is 0.733. The van der Waals surface area contributed by atoms with Crippen LogP contribution in [0.3, 0.4) is 0 Å². The highest BCUT2D eigenvalue weighted by Crippen LogP contribution is 2.41. The van der Waals surface area contributed by atoms with Gasteiger partial charge in [-0.15, -0.1) is 0 Å². The minimum absolute atomic E-state index is 0.366. The van der Waals surface area contributed by atoms with Crippen LogP contribution in [0.25, 0.3) is 0 Å². The van der Waals surface area contributed by atoms with E-state index >= 15 is 0 Å². The number of hydrogen-bond donors (Lipinski definition) is 2. The summed E-state index contributed by atoms with van der Waals surface area (Å²) in [4.78, 5) is 11.3. The monoisotopic (exact) mass is 291 g/mol. The Morgan fingerprint density at radius 1 is 1.14 bits per heavy atom. The molecule has 2 heterocycles. The molecule has 0 amide bonds. The van der Waals surface area contributed by atoms with Gasteiger partial charge in [0.25, 0.3) is 0 Å². The molecule has 116 valence electrons. The van der Waals surface area contributed by atoms with Crippen molar-refractivity contribution in [3.05, 3.63) is 5.69 Å². The third kappa shape index (κ3) is 3.05. The highest BCUT2D eigenvalue weighted by atomic mass is 16.5. The van der Waals surface area contributed by atoms with Gasteiger partial charge in [0, 0.05) is 25.6 Å². The summed E-state index contributed by atoms with van der Waals surface area (Å²) < 4.78 is 5.70. The molecule has 1 aromatic rings. The molecule has 0 spiro atoms. The molecule has 3 N–H and O–H groups in total. The van der Waals surface area contributed by atoms with Crippen molar-refractivity contribution in [1.82, 2.24) is 15.3 Å². The topological polar surface area (TPSA) is 76.3 Å². The SMILES string of the molecule is COc1c(C2CCCC2)nc(N)nc1N1CCCNCC1. The number of hydrogen-bond acceptors (Lipinski definition) is 6. The molecular formula is C15H25N5O. The van der Waals surface area contributed by atoms with E-state index in [4.69, 9.17) is 10.5 Å². The lowest BCUT2D eigenvalue weighted by Gasteiger charge is -2.25. The predicted octanol–water partition coefficient (Wildman–Crippen LogP) is 1.52. The van der Waals surface area contributed by atoms with Crippen LogP contribution in [0.5, 0.6) is 5.75 Å². The molecule has 0 aromatic carbocycles. The number of nitrogens with two attached hydrogens (primary N) is 1. The number of anilines is 2. The summed E-state index contributed by atoms with van der Waals surface area (Å²) in [5.41, 5.74) is 6.99. The number of rotatable bonds is 3. The van der Waals surface area contributed by atoms with Gasteiger partial charge < -0.3 is 20.7 Å². The van der Waals surface area contributed by atoms with E-state index in [2.05, 4.69) is 20.2 Å². The van der Waals surface area contributed by atoms with Crippen molar-refractivity contribution in [3.8, 4) is 5.75 Å². The van der Waals surface area contributed by atoms with Crippen LogP contribution in [0.4, 0.5) is 11.8 Å². The van der Waals surface area contributed by atoms with E-state index in [1.165, 1.54) is 25.7 Å². The third-order valence-electron chi connectivity index (χ3n) is 4.48. The highest BCUT2D eigenvalue weighted by Gasteiger charge is 2.27. The number of nitrogens with zero attached hydrogens (tertiary/aromatic N) is 3. The largest absolute Gasteiger partial charge is 0.491 e. The quantitative estimate of drug-likeness (QED) is 0.879.